The second-order valence-corrected chi connectivity index (χ2v) is 3.48. The van der Waals surface area contributed by atoms with Gasteiger partial charge in [-0.25, -0.2) is 4.98 Å². The molecule has 0 saturated heterocycles. The van der Waals surface area contributed by atoms with Crippen LogP contribution in [0.25, 0.3) is 0 Å². The molecule has 6 heteroatoms. The third kappa shape index (κ3) is 2.34. The van der Waals surface area contributed by atoms with Gasteiger partial charge in [0.2, 0.25) is 0 Å². The maximum Gasteiger partial charge on any atom is 0.166 e. The highest BCUT2D eigenvalue weighted by atomic mass is 35.5. The van der Waals surface area contributed by atoms with Crippen molar-refractivity contribution < 1.29 is 5.11 Å². The first-order chi connectivity index (χ1) is 6.06. The van der Waals surface area contributed by atoms with Gasteiger partial charge in [0.15, 0.2) is 5.15 Å². The molecule has 1 aromatic heterocycles. The van der Waals surface area contributed by atoms with Gasteiger partial charge in [0.25, 0.3) is 0 Å². The van der Waals surface area contributed by atoms with Crippen LogP contribution < -0.4 is 5.73 Å². The fraction of sp³-hybridized carbons (Fsp3) is 0.571. The minimum atomic E-state index is -0.852. The second kappa shape index (κ2) is 4.28. The van der Waals surface area contributed by atoms with Crippen molar-refractivity contribution in [2.45, 2.75) is 25.5 Å². The third-order valence-electron chi connectivity index (χ3n) is 1.79. The number of H-pyrrole nitrogens is 1. The van der Waals surface area contributed by atoms with Crippen molar-refractivity contribution in [2.24, 2.45) is 5.73 Å². The van der Waals surface area contributed by atoms with Gasteiger partial charge in [0.1, 0.15) is 17.1 Å². The fourth-order valence-electron chi connectivity index (χ4n) is 0.913. The van der Waals surface area contributed by atoms with Crippen LogP contribution in [0.15, 0.2) is 0 Å². The van der Waals surface area contributed by atoms with Gasteiger partial charge in [0.05, 0.1) is 0 Å². The van der Waals surface area contributed by atoms with Gasteiger partial charge in [-0.15, -0.1) is 0 Å². The number of nitrogens with one attached hydrogen (secondary N) is 1. The quantitative estimate of drug-likeness (QED) is 0.727. The van der Waals surface area contributed by atoms with Gasteiger partial charge in [-0.05, 0) is 6.42 Å². The minimum Gasteiger partial charge on any atom is -0.384 e. The molecule has 0 spiro atoms. The van der Waals surface area contributed by atoms with E-state index < -0.39 is 6.10 Å². The third-order valence-corrected chi connectivity index (χ3v) is 2.44. The molecule has 4 nitrogen and oxygen atoms in total. The number of aromatic nitrogens is 2. The van der Waals surface area contributed by atoms with E-state index in [1.807, 2.05) is 6.92 Å². The van der Waals surface area contributed by atoms with Crippen LogP contribution in [0.1, 0.15) is 25.3 Å². The number of hydrogen-bond donors (Lipinski definition) is 3. The maximum atomic E-state index is 9.59. The summed E-state index contributed by atoms with van der Waals surface area (Å²) in [5, 5.41) is 9.96. The zero-order chi connectivity index (χ0) is 10.0. The maximum absolute atomic E-state index is 9.59. The van der Waals surface area contributed by atoms with Crippen LogP contribution in [0.4, 0.5) is 0 Å². The summed E-state index contributed by atoms with van der Waals surface area (Å²) in [7, 11) is 0. The summed E-state index contributed by atoms with van der Waals surface area (Å²) in [5.41, 5.74) is 5.61. The van der Waals surface area contributed by atoms with E-state index in [1.54, 1.807) is 0 Å². The van der Waals surface area contributed by atoms with Gasteiger partial charge in [-0.1, -0.05) is 30.1 Å². The molecular formula is C7H11Cl2N3O. The lowest BCUT2D eigenvalue weighted by molar-refractivity contribution is 0.136. The normalized spacial score (nSPS) is 15.8. The molecule has 13 heavy (non-hydrogen) atoms. The number of aliphatic hydroxyl groups is 1. The van der Waals surface area contributed by atoms with Crippen LogP contribution in [0.5, 0.6) is 0 Å². The van der Waals surface area contributed by atoms with Gasteiger partial charge in [0, 0.05) is 6.04 Å². The van der Waals surface area contributed by atoms with Crippen molar-refractivity contribution in [3.8, 4) is 0 Å². The molecule has 4 N–H and O–H groups in total. The van der Waals surface area contributed by atoms with Crippen molar-refractivity contribution >= 4 is 23.2 Å². The molecule has 0 aliphatic heterocycles. The predicted molar refractivity (Wildman–Crippen MR) is 51.8 cm³/mol. The largest absolute Gasteiger partial charge is 0.384 e. The average Bonchev–Trinajstić information content (AvgIpc) is 2.44. The average molecular weight is 224 g/mol. The Morgan fingerprint density at radius 3 is 2.62 bits per heavy atom. The number of aliphatic hydroxyl groups excluding tert-OH is 1. The smallest absolute Gasteiger partial charge is 0.166 e. The Balaban J connectivity index is 2.82. The Morgan fingerprint density at radius 1 is 1.62 bits per heavy atom. The SMILES string of the molecule is CCC(N)C(O)c1nc(Cl)c(Cl)[nH]1. The minimum absolute atomic E-state index is 0.152. The summed E-state index contributed by atoms with van der Waals surface area (Å²) in [6, 6.07) is -0.363. The number of hydrogen-bond acceptors (Lipinski definition) is 3. The molecule has 0 radical (unpaired) electrons. The van der Waals surface area contributed by atoms with E-state index in [1.165, 1.54) is 0 Å². The topological polar surface area (TPSA) is 74.9 Å². The molecule has 1 rings (SSSR count). The standard InChI is InChI=1S/C7H11Cl2N3O/c1-2-3(10)4(13)7-11-5(8)6(9)12-7/h3-4,13H,2,10H2,1H3,(H,11,12). The lowest BCUT2D eigenvalue weighted by Crippen LogP contribution is -2.28. The van der Waals surface area contributed by atoms with E-state index in [-0.39, 0.29) is 16.3 Å². The number of nitrogens with zero attached hydrogens (tertiary/aromatic N) is 1. The van der Waals surface area contributed by atoms with E-state index in [0.29, 0.717) is 12.2 Å². The first kappa shape index (κ1) is 10.8. The molecule has 2 atom stereocenters. The van der Waals surface area contributed by atoms with Crippen molar-refractivity contribution in [3.63, 3.8) is 0 Å². The zero-order valence-electron chi connectivity index (χ0n) is 7.09. The summed E-state index contributed by atoms with van der Waals surface area (Å²) in [6.45, 7) is 1.88. The van der Waals surface area contributed by atoms with E-state index in [9.17, 15) is 5.11 Å². The van der Waals surface area contributed by atoms with Crippen LogP contribution in [-0.4, -0.2) is 21.1 Å². The molecule has 0 aliphatic rings. The van der Waals surface area contributed by atoms with Gasteiger partial charge < -0.3 is 15.8 Å². The zero-order valence-corrected chi connectivity index (χ0v) is 8.60. The Bertz CT molecular complexity index is 270. The molecular weight excluding hydrogens is 213 g/mol. The Kier molecular flexibility index (Phi) is 3.55. The van der Waals surface area contributed by atoms with E-state index in [2.05, 4.69) is 9.97 Å². The van der Waals surface area contributed by atoms with Gasteiger partial charge in [-0.2, -0.15) is 0 Å². The highest BCUT2D eigenvalue weighted by molar-refractivity contribution is 6.40. The summed E-state index contributed by atoms with van der Waals surface area (Å²) >= 11 is 11.2. The van der Waals surface area contributed by atoms with Crippen LogP contribution in [0, 0.1) is 0 Å². The number of nitrogens with two attached hydrogens (primary N) is 1. The molecule has 0 saturated carbocycles. The summed E-state index contributed by atoms with van der Waals surface area (Å²) < 4.78 is 0. The summed E-state index contributed by atoms with van der Waals surface area (Å²) in [6.07, 6.45) is -0.202. The molecule has 0 bridgehead atoms. The lowest BCUT2D eigenvalue weighted by Gasteiger charge is -2.13. The first-order valence-electron chi connectivity index (χ1n) is 3.90. The van der Waals surface area contributed by atoms with E-state index in [0.717, 1.165) is 0 Å². The summed E-state index contributed by atoms with van der Waals surface area (Å²) in [5.74, 6) is 0.310. The van der Waals surface area contributed by atoms with Crippen LogP contribution >= 0.6 is 23.2 Å². The van der Waals surface area contributed by atoms with Gasteiger partial charge in [-0.3, -0.25) is 0 Å². The highest BCUT2D eigenvalue weighted by Gasteiger charge is 2.19. The molecule has 0 fully saturated rings. The van der Waals surface area contributed by atoms with E-state index >= 15 is 0 Å². The van der Waals surface area contributed by atoms with Crippen LogP contribution in [-0.2, 0) is 0 Å². The number of imidazole rings is 1. The highest BCUT2D eigenvalue weighted by Crippen LogP contribution is 2.22. The number of halogens is 2. The van der Waals surface area contributed by atoms with Crippen molar-refractivity contribution in [2.75, 3.05) is 0 Å². The predicted octanol–water partition coefficient (Wildman–Crippen LogP) is 1.49. The molecule has 0 amide bonds. The molecule has 2 unspecified atom stereocenters. The number of aromatic amines is 1. The Hall–Kier alpha value is -0.290. The van der Waals surface area contributed by atoms with Crippen molar-refractivity contribution in [3.05, 3.63) is 16.1 Å². The lowest BCUT2D eigenvalue weighted by atomic mass is 10.1. The molecule has 0 aliphatic carbocycles. The molecule has 1 aromatic rings. The Labute approximate surface area is 86.1 Å². The number of rotatable bonds is 3. The Morgan fingerprint density at radius 2 is 2.23 bits per heavy atom. The molecule has 1 heterocycles. The second-order valence-electron chi connectivity index (χ2n) is 2.74. The van der Waals surface area contributed by atoms with Crippen molar-refractivity contribution in [1.29, 1.82) is 0 Å². The van der Waals surface area contributed by atoms with Crippen LogP contribution in [0.2, 0.25) is 10.3 Å². The van der Waals surface area contributed by atoms with E-state index in [4.69, 9.17) is 28.9 Å². The van der Waals surface area contributed by atoms with Crippen LogP contribution in [0.3, 0.4) is 0 Å². The molecule has 0 aromatic carbocycles. The molecule has 74 valence electrons. The first-order valence-corrected chi connectivity index (χ1v) is 4.66. The fourth-order valence-corrected chi connectivity index (χ4v) is 1.19. The summed E-state index contributed by atoms with van der Waals surface area (Å²) in [4.78, 5) is 6.48. The van der Waals surface area contributed by atoms with Crippen molar-refractivity contribution in [1.82, 2.24) is 9.97 Å². The van der Waals surface area contributed by atoms with Gasteiger partial charge >= 0.3 is 0 Å². The monoisotopic (exact) mass is 223 g/mol.